The summed E-state index contributed by atoms with van der Waals surface area (Å²) in [6.45, 7) is 16.1. The van der Waals surface area contributed by atoms with E-state index in [4.69, 9.17) is 19.5 Å². The van der Waals surface area contributed by atoms with E-state index >= 15 is 0 Å². The molecule has 0 saturated carbocycles. The largest absolute Gasteiger partial charge is 0.480 e. The zero-order valence-corrected chi connectivity index (χ0v) is 16.1. The van der Waals surface area contributed by atoms with Gasteiger partial charge in [0.15, 0.2) is 0 Å². The van der Waals surface area contributed by atoms with Crippen molar-refractivity contribution >= 4 is 19.9 Å². The van der Waals surface area contributed by atoms with Crippen LogP contribution in [-0.2, 0) is 9.47 Å². The van der Waals surface area contributed by atoms with Crippen LogP contribution in [0.1, 0.15) is 34.1 Å². The standard InChI is InChI=1S/C17H30N2O2Si/c1-8-20-16-14(11-10-12-22(5,6)7)18-17(21-9-2)15(19-16)13(3)4/h13-15H,8-9,11H2,1-7H3/t14-,15-/m0/s1. The maximum absolute atomic E-state index is 5.72. The molecule has 4 nitrogen and oxygen atoms in total. The van der Waals surface area contributed by atoms with Gasteiger partial charge in [-0.15, -0.1) is 11.5 Å². The van der Waals surface area contributed by atoms with Crippen molar-refractivity contribution in [1.82, 2.24) is 0 Å². The topological polar surface area (TPSA) is 43.2 Å². The lowest BCUT2D eigenvalue weighted by molar-refractivity contribution is 0.276. The second-order valence-corrected chi connectivity index (χ2v) is 11.5. The quantitative estimate of drug-likeness (QED) is 0.587. The van der Waals surface area contributed by atoms with Crippen molar-refractivity contribution in [3.05, 3.63) is 0 Å². The fourth-order valence-electron chi connectivity index (χ4n) is 2.10. The molecule has 1 heterocycles. The zero-order valence-electron chi connectivity index (χ0n) is 15.1. The molecule has 0 fully saturated rings. The SMILES string of the molecule is CCOC1=N[C@@H](C(C)C)C(OCC)=N[C@H]1CC#C[Si](C)(C)C. The summed E-state index contributed by atoms with van der Waals surface area (Å²) >= 11 is 0. The highest BCUT2D eigenvalue weighted by atomic mass is 28.3. The van der Waals surface area contributed by atoms with Gasteiger partial charge in [0.2, 0.25) is 11.8 Å². The van der Waals surface area contributed by atoms with Crippen molar-refractivity contribution in [1.29, 1.82) is 0 Å². The normalized spacial score (nSPS) is 21.6. The van der Waals surface area contributed by atoms with Crippen LogP contribution >= 0.6 is 0 Å². The molecule has 0 amide bonds. The lowest BCUT2D eigenvalue weighted by Gasteiger charge is -2.27. The molecule has 0 aromatic heterocycles. The van der Waals surface area contributed by atoms with E-state index < -0.39 is 8.07 Å². The minimum Gasteiger partial charge on any atom is -0.480 e. The van der Waals surface area contributed by atoms with Gasteiger partial charge in [0.1, 0.15) is 20.2 Å². The Labute approximate surface area is 136 Å². The molecular weight excluding hydrogens is 292 g/mol. The van der Waals surface area contributed by atoms with Crippen molar-refractivity contribution in [2.24, 2.45) is 15.9 Å². The van der Waals surface area contributed by atoms with Crippen molar-refractivity contribution in [3.63, 3.8) is 0 Å². The number of aliphatic imine (C=N–C) groups is 2. The van der Waals surface area contributed by atoms with Crippen LogP contribution in [0.25, 0.3) is 0 Å². The zero-order chi connectivity index (χ0) is 16.8. The molecule has 5 heteroatoms. The Hall–Kier alpha value is -1.28. The molecule has 0 aromatic carbocycles. The Kier molecular flexibility index (Phi) is 7.14. The summed E-state index contributed by atoms with van der Waals surface area (Å²) in [6.07, 6.45) is 0.643. The lowest BCUT2D eigenvalue weighted by atomic mass is 10.0. The Morgan fingerprint density at radius 1 is 1.05 bits per heavy atom. The van der Waals surface area contributed by atoms with Crippen LogP contribution in [-0.4, -0.2) is 45.2 Å². The molecule has 1 aliphatic rings. The molecule has 0 radical (unpaired) electrons. The van der Waals surface area contributed by atoms with Gasteiger partial charge >= 0.3 is 0 Å². The lowest BCUT2D eigenvalue weighted by Crippen LogP contribution is -2.38. The van der Waals surface area contributed by atoms with E-state index in [1.54, 1.807) is 0 Å². The predicted octanol–water partition coefficient (Wildman–Crippen LogP) is 3.53. The second kappa shape index (κ2) is 8.38. The first-order valence-electron chi connectivity index (χ1n) is 8.19. The number of hydrogen-bond acceptors (Lipinski definition) is 4. The molecule has 124 valence electrons. The van der Waals surface area contributed by atoms with E-state index in [0.717, 1.165) is 5.90 Å². The molecule has 1 aliphatic heterocycles. The fourth-order valence-corrected chi connectivity index (χ4v) is 2.73. The van der Waals surface area contributed by atoms with Gasteiger partial charge in [0, 0.05) is 6.42 Å². The second-order valence-electron chi connectivity index (χ2n) is 6.76. The van der Waals surface area contributed by atoms with E-state index in [0.29, 0.717) is 31.5 Å². The van der Waals surface area contributed by atoms with Gasteiger partial charge in [-0.1, -0.05) is 33.5 Å². The van der Waals surface area contributed by atoms with Gasteiger partial charge in [-0.2, -0.15) is 0 Å². The summed E-state index contributed by atoms with van der Waals surface area (Å²) in [5.74, 6) is 5.03. The molecule has 1 rings (SSSR count). The van der Waals surface area contributed by atoms with Crippen LogP contribution in [0.4, 0.5) is 0 Å². The van der Waals surface area contributed by atoms with Crippen LogP contribution in [0, 0.1) is 17.4 Å². The Bertz CT molecular complexity index is 481. The van der Waals surface area contributed by atoms with E-state index in [1.807, 2.05) is 13.8 Å². The Morgan fingerprint density at radius 3 is 2.14 bits per heavy atom. The van der Waals surface area contributed by atoms with E-state index in [1.165, 1.54) is 0 Å². The molecule has 0 N–H and O–H groups in total. The molecule has 22 heavy (non-hydrogen) atoms. The van der Waals surface area contributed by atoms with Gasteiger partial charge in [-0.3, -0.25) is 0 Å². The molecule has 0 aromatic rings. The summed E-state index contributed by atoms with van der Waals surface area (Å²) in [5.41, 5.74) is 3.38. The third-order valence-corrected chi connectivity index (χ3v) is 3.99. The molecule has 0 bridgehead atoms. The highest BCUT2D eigenvalue weighted by molar-refractivity contribution is 6.83. The van der Waals surface area contributed by atoms with Crippen LogP contribution in [0.3, 0.4) is 0 Å². The predicted molar refractivity (Wildman–Crippen MR) is 96.3 cm³/mol. The smallest absolute Gasteiger partial charge is 0.210 e. The van der Waals surface area contributed by atoms with Crippen LogP contribution in [0.2, 0.25) is 19.6 Å². The first kappa shape index (κ1) is 18.8. The van der Waals surface area contributed by atoms with Gasteiger partial charge in [0.05, 0.1) is 13.2 Å². The van der Waals surface area contributed by atoms with Gasteiger partial charge in [-0.25, -0.2) is 9.98 Å². The maximum Gasteiger partial charge on any atom is 0.210 e. The average Bonchev–Trinajstić information content (AvgIpc) is 2.40. The van der Waals surface area contributed by atoms with Crippen LogP contribution < -0.4 is 0 Å². The average molecular weight is 323 g/mol. The number of hydrogen-bond donors (Lipinski definition) is 0. The van der Waals surface area contributed by atoms with E-state index in [9.17, 15) is 0 Å². The van der Waals surface area contributed by atoms with Gasteiger partial charge in [0.25, 0.3) is 0 Å². The summed E-state index contributed by atoms with van der Waals surface area (Å²) in [7, 11) is -1.37. The van der Waals surface area contributed by atoms with Gasteiger partial charge < -0.3 is 9.47 Å². The molecular formula is C17H30N2O2Si. The molecule has 0 unspecified atom stereocenters. The fraction of sp³-hybridized carbons (Fsp3) is 0.765. The summed E-state index contributed by atoms with van der Waals surface area (Å²) in [5, 5.41) is 0. The monoisotopic (exact) mass is 322 g/mol. The molecule has 0 spiro atoms. The summed E-state index contributed by atoms with van der Waals surface area (Å²) < 4.78 is 11.4. The van der Waals surface area contributed by atoms with Crippen molar-refractivity contribution in [3.8, 4) is 11.5 Å². The van der Waals surface area contributed by atoms with Crippen molar-refractivity contribution < 1.29 is 9.47 Å². The third-order valence-electron chi connectivity index (χ3n) is 3.06. The Morgan fingerprint density at radius 2 is 1.64 bits per heavy atom. The third kappa shape index (κ3) is 5.84. The van der Waals surface area contributed by atoms with E-state index in [2.05, 4.69) is 45.0 Å². The number of ether oxygens (including phenoxy) is 2. The summed E-state index contributed by atoms with van der Waals surface area (Å²) in [6, 6.07) is -0.192. The highest BCUT2D eigenvalue weighted by Gasteiger charge is 2.31. The van der Waals surface area contributed by atoms with Crippen molar-refractivity contribution in [2.75, 3.05) is 13.2 Å². The Balaban J connectivity index is 2.99. The molecule has 0 saturated heterocycles. The first-order valence-corrected chi connectivity index (χ1v) is 11.7. The summed E-state index contributed by atoms with van der Waals surface area (Å²) in [4.78, 5) is 9.50. The highest BCUT2D eigenvalue weighted by Crippen LogP contribution is 2.19. The number of nitrogens with zero attached hydrogens (tertiary/aromatic N) is 2. The molecule has 0 aliphatic carbocycles. The number of rotatable bonds is 4. The van der Waals surface area contributed by atoms with E-state index in [-0.39, 0.29) is 12.1 Å². The van der Waals surface area contributed by atoms with Crippen LogP contribution in [0.5, 0.6) is 0 Å². The minimum atomic E-state index is -1.37. The van der Waals surface area contributed by atoms with Crippen molar-refractivity contribution in [2.45, 2.75) is 65.8 Å². The maximum atomic E-state index is 5.72. The molecule has 2 atom stereocenters. The van der Waals surface area contributed by atoms with Crippen LogP contribution in [0.15, 0.2) is 9.98 Å². The minimum absolute atomic E-state index is 0.0531. The van der Waals surface area contributed by atoms with Gasteiger partial charge in [-0.05, 0) is 19.8 Å². The first-order chi connectivity index (χ1) is 10.3.